The standard InChI is InChI=1S/C19H33N3OSi2/c1-24(2,3)17-14-10-13-16-18(17)20-21-22(16)19(25(4,5)6)23-15-11-8-7-9-12-15/h10,13-15,19H,7-9,11-12H2,1-6H3. The maximum Gasteiger partial charge on any atom is 0.137 e. The van der Waals surface area contributed by atoms with Gasteiger partial charge in [0.25, 0.3) is 0 Å². The van der Waals surface area contributed by atoms with E-state index in [1.807, 2.05) is 0 Å². The van der Waals surface area contributed by atoms with Gasteiger partial charge in [-0.2, -0.15) is 0 Å². The number of benzene rings is 1. The summed E-state index contributed by atoms with van der Waals surface area (Å²) < 4.78 is 8.76. The summed E-state index contributed by atoms with van der Waals surface area (Å²) in [6, 6.07) is 6.56. The van der Waals surface area contributed by atoms with E-state index in [9.17, 15) is 0 Å². The van der Waals surface area contributed by atoms with Gasteiger partial charge in [-0.1, -0.05) is 75.9 Å². The largest absolute Gasteiger partial charge is 0.357 e. The molecule has 1 atom stereocenters. The molecule has 1 saturated carbocycles. The van der Waals surface area contributed by atoms with Crippen LogP contribution >= 0.6 is 0 Å². The number of aromatic nitrogens is 3. The predicted octanol–water partition coefficient (Wildman–Crippen LogP) is 4.70. The van der Waals surface area contributed by atoms with Crippen molar-refractivity contribution < 1.29 is 4.74 Å². The molecule has 25 heavy (non-hydrogen) atoms. The molecule has 1 unspecified atom stereocenters. The van der Waals surface area contributed by atoms with Crippen LogP contribution in [0.4, 0.5) is 0 Å². The minimum absolute atomic E-state index is 0.0532. The van der Waals surface area contributed by atoms with Gasteiger partial charge in [0.05, 0.1) is 19.7 Å². The second kappa shape index (κ2) is 6.97. The zero-order chi connectivity index (χ0) is 18.2. The lowest BCUT2D eigenvalue weighted by Gasteiger charge is -2.34. The molecule has 3 rings (SSSR count). The first kappa shape index (κ1) is 18.8. The van der Waals surface area contributed by atoms with Gasteiger partial charge >= 0.3 is 0 Å². The first-order valence-corrected chi connectivity index (χ1v) is 16.8. The Hall–Kier alpha value is -0.986. The van der Waals surface area contributed by atoms with Gasteiger partial charge in [0.2, 0.25) is 0 Å². The third kappa shape index (κ3) is 4.06. The highest BCUT2D eigenvalue weighted by molar-refractivity contribution is 6.90. The second-order valence-electron chi connectivity index (χ2n) is 9.57. The second-order valence-corrected chi connectivity index (χ2v) is 19.8. The first-order chi connectivity index (χ1) is 11.7. The molecule has 138 valence electrons. The van der Waals surface area contributed by atoms with Crippen molar-refractivity contribution in [2.24, 2.45) is 0 Å². The Kier molecular flexibility index (Phi) is 5.24. The van der Waals surface area contributed by atoms with Gasteiger partial charge in [-0.15, -0.1) is 5.10 Å². The van der Waals surface area contributed by atoms with E-state index in [-0.39, 0.29) is 5.85 Å². The lowest BCUT2D eigenvalue weighted by Crippen LogP contribution is -2.41. The Bertz CT molecular complexity index is 724. The zero-order valence-corrected chi connectivity index (χ0v) is 18.7. The first-order valence-electron chi connectivity index (χ1n) is 9.68. The van der Waals surface area contributed by atoms with Crippen molar-refractivity contribution in [2.45, 2.75) is 83.3 Å². The molecular weight excluding hydrogens is 342 g/mol. The van der Waals surface area contributed by atoms with Crippen molar-refractivity contribution in [1.82, 2.24) is 15.0 Å². The topological polar surface area (TPSA) is 39.9 Å². The average molecular weight is 376 g/mol. The minimum atomic E-state index is -1.61. The van der Waals surface area contributed by atoms with Crippen LogP contribution in [-0.4, -0.2) is 37.2 Å². The molecule has 0 N–H and O–H groups in total. The minimum Gasteiger partial charge on any atom is -0.357 e. The van der Waals surface area contributed by atoms with E-state index in [0.29, 0.717) is 6.10 Å². The van der Waals surface area contributed by atoms with E-state index in [1.165, 1.54) is 37.3 Å². The molecule has 0 amide bonds. The Morgan fingerprint density at radius 2 is 1.72 bits per heavy atom. The molecule has 0 bridgehead atoms. The van der Waals surface area contributed by atoms with Crippen LogP contribution in [-0.2, 0) is 4.74 Å². The summed E-state index contributed by atoms with van der Waals surface area (Å²) in [4.78, 5) is 0. The molecule has 1 aliphatic rings. The molecular formula is C19H33N3OSi2. The summed E-state index contributed by atoms with van der Waals surface area (Å²) in [6.45, 7) is 14.2. The van der Waals surface area contributed by atoms with Gasteiger partial charge in [0.1, 0.15) is 19.4 Å². The number of ether oxygens (including phenoxy) is 1. The Balaban J connectivity index is 2.01. The average Bonchev–Trinajstić information content (AvgIpc) is 2.95. The van der Waals surface area contributed by atoms with Crippen molar-refractivity contribution >= 4 is 32.4 Å². The number of hydrogen-bond acceptors (Lipinski definition) is 3. The maximum atomic E-state index is 6.67. The number of rotatable bonds is 5. The third-order valence-electron chi connectivity index (χ3n) is 5.15. The number of nitrogens with zero attached hydrogens (tertiary/aromatic N) is 3. The van der Waals surface area contributed by atoms with Crippen LogP contribution in [0.25, 0.3) is 11.0 Å². The van der Waals surface area contributed by atoms with E-state index >= 15 is 0 Å². The molecule has 1 aromatic heterocycles. The van der Waals surface area contributed by atoms with Crippen LogP contribution in [0.15, 0.2) is 18.2 Å². The third-order valence-corrected chi connectivity index (χ3v) is 9.03. The summed E-state index contributed by atoms with van der Waals surface area (Å²) in [5.41, 5.74) is 2.22. The quantitative estimate of drug-likeness (QED) is 0.711. The van der Waals surface area contributed by atoms with Crippen LogP contribution < -0.4 is 5.19 Å². The lowest BCUT2D eigenvalue weighted by molar-refractivity contribution is -0.0336. The van der Waals surface area contributed by atoms with Gasteiger partial charge < -0.3 is 4.74 Å². The molecule has 2 aromatic rings. The molecule has 0 saturated heterocycles. The fourth-order valence-electron chi connectivity index (χ4n) is 3.75. The summed E-state index contributed by atoms with van der Waals surface area (Å²) in [5.74, 6) is 0.0532. The highest BCUT2D eigenvalue weighted by Gasteiger charge is 2.35. The van der Waals surface area contributed by atoms with Crippen molar-refractivity contribution in [3.05, 3.63) is 18.2 Å². The van der Waals surface area contributed by atoms with Crippen LogP contribution in [0.3, 0.4) is 0 Å². The van der Waals surface area contributed by atoms with Gasteiger partial charge in [-0.05, 0) is 24.1 Å². The fraction of sp³-hybridized carbons (Fsp3) is 0.684. The van der Waals surface area contributed by atoms with Crippen molar-refractivity contribution in [3.8, 4) is 0 Å². The van der Waals surface area contributed by atoms with E-state index in [0.717, 1.165) is 11.0 Å². The van der Waals surface area contributed by atoms with Crippen LogP contribution in [0, 0.1) is 0 Å². The van der Waals surface area contributed by atoms with Crippen molar-refractivity contribution in [3.63, 3.8) is 0 Å². The molecule has 0 radical (unpaired) electrons. The van der Waals surface area contributed by atoms with Gasteiger partial charge in [0, 0.05) is 0 Å². The molecule has 1 aliphatic carbocycles. The molecule has 1 fully saturated rings. The predicted molar refractivity (Wildman–Crippen MR) is 111 cm³/mol. The molecule has 1 aromatic carbocycles. The molecule has 0 spiro atoms. The van der Waals surface area contributed by atoms with Crippen LogP contribution in [0.1, 0.15) is 38.0 Å². The molecule has 6 heteroatoms. The fourth-order valence-corrected chi connectivity index (χ4v) is 6.76. The zero-order valence-electron chi connectivity index (χ0n) is 16.7. The Labute approximate surface area is 154 Å². The van der Waals surface area contributed by atoms with E-state index in [4.69, 9.17) is 4.74 Å². The maximum absolute atomic E-state index is 6.67. The lowest BCUT2D eigenvalue weighted by atomic mass is 9.98. The summed E-state index contributed by atoms with van der Waals surface area (Å²) in [6.07, 6.45) is 6.69. The molecule has 4 nitrogen and oxygen atoms in total. The van der Waals surface area contributed by atoms with Gasteiger partial charge in [-0.3, -0.25) is 0 Å². The number of hydrogen-bond donors (Lipinski definition) is 0. The highest BCUT2D eigenvalue weighted by atomic mass is 28.3. The summed E-state index contributed by atoms with van der Waals surface area (Å²) >= 11 is 0. The van der Waals surface area contributed by atoms with Crippen LogP contribution in [0.5, 0.6) is 0 Å². The monoisotopic (exact) mass is 375 g/mol. The van der Waals surface area contributed by atoms with E-state index in [2.05, 4.69) is 72.5 Å². The highest BCUT2D eigenvalue weighted by Crippen LogP contribution is 2.31. The van der Waals surface area contributed by atoms with Crippen LogP contribution in [0.2, 0.25) is 39.3 Å². The Morgan fingerprint density at radius 1 is 1.04 bits per heavy atom. The van der Waals surface area contributed by atoms with E-state index in [1.54, 1.807) is 0 Å². The SMILES string of the molecule is C[Si](C)(C)c1cccc2c1nnn2C(OC1CCCCC1)[Si](C)(C)C. The van der Waals surface area contributed by atoms with Gasteiger partial charge in [0.15, 0.2) is 0 Å². The van der Waals surface area contributed by atoms with Crippen molar-refractivity contribution in [1.29, 1.82) is 0 Å². The summed E-state index contributed by atoms with van der Waals surface area (Å²) in [5, 5.41) is 10.6. The summed E-state index contributed by atoms with van der Waals surface area (Å²) in [7, 11) is -3.06. The normalized spacial score (nSPS) is 18.6. The smallest absolute Gasteiger partial charge is 0.137 e. The van der Waals surface area contributed by atoms with E-state index < -0.39 is 16.1 Å². The van der Waals surface area contributed by atoms with Gasteiger partial charge in [-0.25, -0.2) is 4.68 Å². The molecule has 1 heterocycles. The number of fused-ring (bicyclic) bond motifs is 1. The van der Waals surface area contributed by atoms with Crippen molar-refractivity contribution in [2.75, 3.05) is 0 Å². The molecule has 0 aliphatic heterocycles. The Morgan fingerprint density at radius 3 is 2.32 bits per heavy atom.